The second kappa shape index (κ2) is 10.5. The molecule has 1 saturated carbocycles. The van der Waals surface area contributed by atoms with Crippen LogP contribution in [0.1, 0.15) is 49.7 Å². The van der Waals surface area contributed by atoms with Gasteiger partial charge in [0.25, 0.3) is 0 Å². The van der Waals surface area contributed by atoms with Gasteiger partial charge >= 0.3 is 6.03 Å². The molecule has 174 valence electrons. The number of carbonyl (C=O) groups excluding carboxylic acids is 2. The second-order valence-corrected chi connectivity index (χ2v) is 10.6. The highest BCUT2D eigenvalue weighted by atomic mass is 35.5. The first-order valence-corrected chi connectivity index (χ1v) is 13.0. The molecule has 3 atom stereocenters. The average molecular weight is 481 g/mol. The maximum Gasteiger partial charge on any atom is 0.328 e. The first-order chi connectivity index (χ1) is 15.1. The van der Waals surface area contributed by atoms with Crippen LogP contribution in [0.3, 0.4) is 0 Å². The third-order valence-corrected chi connectivity index (χ3v) is 6.66. The monoisotopic (exact) mass is 480 g/mol. The molecule has 2 aromatic rings. The van der Waals surface area contributed by atoms with Crippen LogP contribution < -0.4 is 15.4 Å². The quantitative estimate of drug-likeness (QED) is 0.416. The Morgan fingerprint density at radius 1 is 1.25 bits per heavy atom. The SMILES string of the molecule is CC(=O)NC1C(Cl)CCCC1c1cccc2ncc(CCCNC(=O)NS(C)(=O)=O)cc12. The van der Waals surface area contributed by atoms with E-state index in [1.807, 2.05) is 23.1 Å². The molecule has 32 heavy (non-hydrogen) atoms. The fraction of sp³-hybridized carbons (Fsp3) is 0.500. The Bertz CT molecular complexity index is 1090. The van der Waals surface area contributed by atoms with Gasteiger partial charge in [0, 0.05) is 31.0 Å². The van der Waals surface area contributed by atoms with Gasteiger partial charge in [-0.05, 0) is 48.9 Å². The number of alkyl halides is 1. The lowest BCUT2D eigenvalue weighted by molar-refractivity contribution is -0.120. The minimum Gasteiger partial charge on any atom is -0.352 e. The number of urea groups is 1. The number of nitrogens with one attached hydrogen (secondary N) is 3. The predicted molar refractivity (Wildman–Crippen MR) is 125 cm³/mol. The molecule has 1 aliphatic rings. The summed E-state index contributed by atoms with van der Waals surface area (Å²) in [5.41, 5.74) is 3.03. The lowest BCUT2D eigenvalue weighted by Crippen LogP contribution is -2.46. The van der Waals surface area contributed by atoms with Crippen molar-refractivity contribution < 1.29 is 18.0 Å². The van der Waals surface area contributed by atoms with Crippen LogP contribution in [0.4, 0.5) is 4.79 Å². The third kappa shape index (κ3) is 6.56. The zero-order chi connectivity index (χ0) is 23.3. The minimum absolute atomic E-state index is 0.0842. The number of benzene rings is 1. The molecule has 0 radical (unpaired) electrons. The number of amides is 3. The molecule has 3 rings (SSSR count). The highest BCUT2D eigenvalue weighted by Gasteiger charge is 2.34. The Morgan fingerprint density at radius 3 is 2.75 bits per heavy atom. The Labute approximate surface area is 193 Å². The summed E-state index contributed by atoms with van der Waals surface area (Å²) in [4.78, 5) is 27.9. The molecule has 1 fully saturated rings. The summed E-state index contributed by atoms with van der Waals surface area (Å²) in [5.74, 6) is 0.0243. The number of aryl methyl sites for hydroxylation is 1. The lowest BCUT2D eigenvalue weighted by Gasteiger charge is -2.36. The molecule has 3 amide bonds. The zero-order valence-electron chi connectivity index (χ0n) is 18.2. The number of hydrogen-bond acceptors (Lipinski definition) is 5. The largest absolute Gasteiger partial charge is 0.352 e. The minimum atomic E-state index is -3.58. The second-order valence-electron chi connectivity index (χ2n) is 8.27. The van der Waals surface area contributed by atoms with E-state index in [0.717, 1.165) is 47.5 Å². The Morgan fingerprint density at radius 2 is 2.03 bits per heavy atom. The van der Waals surface area contributed by atoms with Gasteiger partial charge in [0.2, 0.25) is 15.9 Å². The molecule has 0 bridgehead atoms. The van der Waals surface area contributed by atoms with E-state index in [9.17, 15) is 18.0 Å². The number of fused-ring (bicyclic) bond motifs is 1. The number of halogens is 1. The first-order valence-electron chi connectivity index (χ1n) is 10.7. The number of nitrogens with zero attached hydrogens (tertiary/aromatic N) is 1. The van der Waals surface area contributed by atoms with Gasteiger partial charge in [-0.3, -0.25) is 9.78 Å². The van der Waals surface area contributed by atoms with Crippen LogP contribution in [0.15, 0.2) is 30.5 Å². The number of pyridine rings is 1. The number of hydrogen-bond donors (Lipinski definition) is 3. The average Bonchev–Trinajstić information content (AvgIpc) is 2.71. The first kappa shape index (κ1) is 24.3. The predicted octanol–water partition coefficient (Wildman–Crippen LogP) is 2.81. The van der Waals surface area contributed by atoms with Crippen molar-refractivity contribution in [1.82, 2.24) is 20.3 Å². The molecule has 3 N–H and O–H groups in total. The van der Waals surface area contributed by atoms with E-state index < -0.39 is 16.1 Å². The van der Waals surface area contributed by atoms with Crippen molar-refractivity contribution in [3.8, 4) is 0 Å². The van der Waals surface area contributed by atoms with Gasteiger partial charge in [-0.25, -0.2) is 17.9 Å². The number of carbonyl (C=O) groups is 2. The summed E-state index contributed by atoms with van der Waals surface area (Å²) >= 11 is 6.60. The van der Waals surface area contributed by atoms with Crippen molar-refractivity contribution >= 4 is 44.5 Å². The van der Waals surface area contributed by atoms with Crippen molar-refractivity contribution in [2.75, 3.05) is 12.8 Å². The van der Waals surface area contributed by atoms with E-state index in [2.05, 4.69) is 27.8 Å². The molecular weight excluding hydrogens is 452 g/mol. The summed E-state index contributed by atoms with van der Waals surface area (Å²) in [6.45, 7) is 1.85. The van der Waals surface area contributed by atoms with E-state index in [-0.39, 0.29) is 23.2 Å². The Kier molecular flexibility index (Phi) is 7.95. The normalized spacial score (nSPS) is 21.2. The van der Waals surface area contributed by atoms with E-state index in [4.69, 9.17) is 11.6 Å². The van der Waals surface area contributed by atoms with Gasteiger partial charge in [-0.2, -0.15) is 0 Å². The van der Waals surface area contributed by atoms with E-state index in [1.54, 1.807) is 0 Å². The third-order valence-electron chi connectivity index (χ3n) is 5.61. The smallest absolute Gasteiger partial charge is 0.328 e. The van der Waals surface area contributed by atoms with Crippen molar-refractivity contribution in [3.63, 3.8) is 0 Å². The number of rotatable bonds is 7. The van der Waals surface area contributed by atoms with E-state index in [0.29, 0.717) is 19.4 Å². The molecule has 8 nitrogen and oxygen atoms in total. The molecule has 1 aliphatic carbocycles. The van der Waals surface area contributed by atoms with Crippen molar-refractivity contribution in [3.05, 3.63) is 41.6 Å². The highest BCUT2D eigenvalue weighted by Crippen LogP contribution is 2.38. The van der Waals surface area contributed by atoms with Gasteiger partial charge in [0.15, 0.2) is 0 Å². The lowest BCUT2D eigenvalue weighted by atomic mass is 9.78. The maximum absolute atomic E-state index is 11.8. The molecule has 1 aromatic carbocycles. The van der Waals surface area contributed by atoms with Crippen molar-refractivity contribution in [2.45, 2.75) is 56.4 Å². The Balaban J connectivity index is 1.74. The Hall–Kier alpha value is -2.39. The van der Waals surface area contributed by atoms with Gasteiger partial charge in [-0.1, -0.05) is 18.6 Å². The molecule has 1 aromatic heterocycles. The summed E-state index contributed by atoms with van der Waals surface area (Å²) in [6, 6.07) is 7.28. The summed E-state index contributed by atoms with van der Waals surface area (Å²) in [7, 11) is -3.58. The molecule has 0 aliphatic heterocycles. The van der Waals surface area contributed by atoms with Crippen LogP contribution in [-0.4, -0.2) is 49.6 Å². The fourth-order valence-corrected chi connectivity index (χ4v) is 5.09. The highest BCUT2D eigenvalue weighted by molar-refractivity contribution is 7.89. The fourth-order valence-electron chi connectivity index (χ4n) is 4.29. The standard InChI is InChI=1S/C22H29ClN4O4S/c1-14(28)26-21-17(8-3-9-19(21)23)16-7-4-10-20-18(16)12-15(13-25-20)6-5-11-24-22(29)27-32(2,30)31/h4,7,10,12-13,17,19,21H,3,5-6,8-9,11H2,1-2H3,(H,26,28)(H2,24,27,29). The van der Waals surface area contributed by atoms with Gasteiger partial charge in [0.05, 0.1) is 23.2 Å². The zero-order valence-corrected chi connectivity index (χ0v) is 19.8. The topological polar surface area (TPSA) is 117 Å². The van der Waals surface area contributed by atoms with Crippen LogP contribution in [-0.2, 0) is 21.2 Å². The van der Waals surface area contributed by atoms with Gasteiger partial charge in [0.1, 0.15) is 0 Å². The summed E-state index contributed by atoms with van der Waals surface area (Å²) < 4.78 is 24.0. The van der Waals surface area contributed by atoms with Crippen LogP contribution in [0.25, 0.3) is 10.9 Å². The molecule has 10 heteroatoms. The maximum atomic E-state index is 11.8. The summed E-state index contributed by atoms with van der Waals surface area (Å²) in [5, 5.41) is 6.51. The summed E-state index contributed by atoms with van der Waals surface area (Å²) in [6.07, 6.45) is 6.87. The molecule has 0 saturated heterocycles. The van der Waals surface area contributed by atoms with Crippen LogP contribution in [0.5, 0.6) is 0 Å². The molecule has 1 heterocycles. The van der Waals surface area contributed by atoms with E-state index in [1.165, 1.54) is 6.92 Å². The number of aromatic nitrogens is 1. The molecule has 0 spiro atoms. The molecule has 3 unspecified atom stereocenters. The van der Waals surface area contributed by atoms with Crippen LogP contribution in [0, 0.1) is 0 Å². The van der Waals surface area contributed by atoms with E-state index >= 15 is 0 Å². The van der Waals surface area contributed by atoms with Gasteiger partial charge in [-0.15, -0.1) is 11.6 Å². The van der Waals surface area contributed by atoms with Crippen LogP contribution >= 0.6 is 11.6 Å². The van der Waals surface area contributed by atoms with Crippen molar-refractivity contribution in [1.29, 1.82) is 0 Å². The van der Waals surface area contributed by atoms with Crippen molar-refractivity contribution in [2.24, 2.45) is 0 Å². The molecular formula is C22H29ClN4O4S. The number of sulfonamides is 1. The van der Waals surface area contributed by atoms with Crippen LogP contribution in [0.2, 0.25) is 0 Å². The van der Waals surface area contributed by atoms with Gasteiger partial charge < -0.3 is 10.6 Å².